The number of nitrogens with one attached hydrogen (secondary N) is 1. The Balaban J connectivity index is 2.94. The van der Waals surface area contributed by atoms with Crippen molar-refractivity contribution in [1.29, 1.82) is 0 Å². The summed E-state index contributed by atoms with van der Waals surface area (Å²) in [5, 5.41) is 7.86. The SMILES string of the molecule is CCCNC(C)C(C)=Cc1c(C)nn(C)c1OC. The zero-order valence-electron chi connectivity index (χ0n) is 12.4. The summed E-state index contributed by atoms with van der Waals surface area (Å²) in [6.07, 6.45) is 3.31. The fraction of sp³-hybridized carbons (Fsp3) is 0.643. The molecule has 0 spiro atoms. The Bertz CT molecular complexity index is 421. The molecule has 0 radical (unpaired) electrons. The third kappa shape index (κ3) is 3.35. The molecule has 0 fully saturated rings. The van der Waals surface area contributed by atoms with E-state index in [1.165, 1.54) is 5.57 Å². The topological polar surface area (TPSA) is 39.1 Å². The first-order valence-electron chi connectivity index (χ1n) is 6.50. The van der Waals surface area contributed by atoms with Gasteiger partial charge in [0.15, 0.2) is 0 Å². The number of hydrogen-bond donors (Lipinski definition) is 1. The van der Waals surface area contributed by atoms with Gasteiger partial charge in [-0.3, -0.25) is 0 Å². The third-order valence-electron chi connectivity index (χ3n) is 3.16. The standard InChI is InChI=1S/C14H25N3O/c1-7-8-15-11(3)10(2)9-13-12(4)16-17(5)14(13)18-6/h9,11,15H,7-8H2,1-6H3. The highest BCUT2D eigenvalue weighted by molar-refractivity contribution is 5.60. The van der Waals surface area contributed by atoms with Crippen LogP contribution in [0.15, 0.2) is 5.57 Å². The summed E-state index contributed by atoms with van der Waals surface area (Å²) in [5.74, 6) is 0.814. The minimum absolute atomic E-state index is 0.370. The number of nitrogens with zero attached hydrogens (tertiary/aromatic N) is 2. The average molecular weight is 251 g/mol. The second-order valence-corrected chi connectivity index (χ2v) is 4.70. The first-order valence-corrected chi connectivity index (χ1v) is 6.50. The molecule has 1 aromatic heterocycles. The molecule has 4 heteroatoms. The van der Waals surface area contributed by atoms with Crippen molar-refractivity contribution < 1.29 is 4.74 Å². The highest BCUT2D eigenvalue weighted by Crippen LogP contribution is 2.24. The number of ether oxygens (including phenoxy) is 1. The van der Waals surface area contributed by atoms with Crippen molar-refractivity contribution in [3.63, 3.8) is 0 Å². The van der Waals surface area contributed by atoms with Crippen molar-refractivity contribution in [3.05, 3.63) is 16.8 Å². The molecule has 0 aliphatic heterocycles. The van der Waals surface area contributed by atoms with Gasteiger partial charge in [0.25, 0.3) is 0 Å². The van der Waals surface area contributed by atoms with Gasteiger partial charge in [-0.15, -0.1) is 0 Å². The van der Waals surface area contributed by atoms with Gasteiger partial charge in [0, 0.05) is 13.1 Å². The van der Waals surface area contributed by atoms with E-state index in [0.717, 1.165) is 30.1 Å². The molecule has 1 unspecified atom stereocenters. The van der Waals surface area contributed by atoms with Gasteiger partial charge < -0.3 is 10.1 Å². The summed E-state index contributed by atoms with van der Waals surface area (Å²) in [6, 6.07) is 0.370. The van der Waals surface area contributed by atoms with Crippen molar-refractivity contribution in [2.24, 2.45) is 7.05 Å². The van der Waals surface area contributed by atoms with Crippen LogP contribution in [0.4, 0.5) is 0 Å². The Labute approximate surface area is 110 Å². The van der Waals surface area contributed by atoms with Crippen molar-refractivity contribution >= 4 is 6.08 Å². The van der Waals surface area contributed by atoms with Gasteiger partial charge in [-0.2, -0.15) is 5.10 Å². The monoisotopic (exact) mass is 251 g/mol. The summed E-state index contributed by atoms with van der Waals surface area (Å²) < 4.78 is 7.17. The van der Waals surface area contributed by atoms with Crippen LogP contribution in [0.3, 0.4) is 0 Å². The van der Waals surface area contributed by atoms with Gasteiger partial charge >= 0.3 is 0 Å². The Morgan fingerprint density at radius 1 is 1.56 bits per heavy atom. The Morgan fingerprint density at radius 2 is 2.22 bits per heavy atom. The van der Waals surface area contributed by atoms with Crippen LogP contribution in [-0.4, -0.2) is 29.5 Å². The van der Waals surface area contributed by atoms with Crippen LogP contribution in [0.1, 0.15) is 38.4 Å². The first kappa shape index (κ1) is 14.8. The predicted molar refractivity (Wildman–Crippen MR) is 75.9 cm³/mol. The zero-order valence-corrected chi connectivity index (χ0v) is 12.4. The Kier molecular flexibility index (Phi) is 5.41. The van der Waals surface area contributed by atoms with Gasteiger partial charge in [-0.05, 0) is 39.8 Å². The minimum Gasteiger partial charge on any atom is -0.481 e. The fourth-order valence-corrected chi connectivity index (χ4v) is 1.94. The molecule has 1 atom stereocenters. The first-order chi connectivity index (χ1) is 8.51. The lowest BCUT2D eigenvalue weighted by molar-refractivity contribution is 0.372. The summed E-state index contributed by atoms with van der Waals surface area (Å²) in [5.41, 5.74) is 3.36. The van der Waals surface area contributed by atoms with Crippen LogP contribution in [0.25, 0.3) is 6.08 Å². The summed E-state index contributed by atoms with van der Waals surface area (Å²) >= 11 is 0. The molecule has 0 aromatic carbocycles. The maximum atomic E-state index is 5.39. The third-order valence-corrected chi connectivity index (χ3v) is 3.16. The van der Waals surface area contributed by atoms with Gasteiger partial charge in [0.2, 0.25) is 5.88 Å². The van der Waals surface area contributed by atoms with Gasteiger partial charge in [-0.25, -0.2) is 4.68 Å². The van der Waals surface area contributed by atoms with Crippen LogP contribution in [-0.2, 0) is 7.05 Å². The smallest absolute Gasteiger partial charge is 0.218 e. The molecule has 4 nitrogen and oxygen atoms in total. The predicted octanol–water partition coefficient (Wildman–Crippen LogP) is 2.53. The molecule has 0 aliphatic rings. The number of hydrogen-bond acceptors (Lipinski definition) is 3. The van der Waals surface area contributed by atoms with Crippen molar-refractivity contribution in [3.8, 4) is 5.88 Å². The molecule has 1 aromatic rings. The molecule has 0 amide bonds. The minimum atomic E-state index is 0.370. The van der Waals surface area contributed by atoms with Crippen LogP contribution in [0.2, 0.25) is 0 Å². The lowest BCUT2D eigenvalue weighted by atomic mass is 10.1. The molecule has 18 heavy (non-hydrogen) atoms. The number of aryl methyl sites for hydroxylation is 2. The van der Waals surface area contributed by atoms with E-state index in [0.29, 0.717) is 6.04 Å². The molecular formula is C14H25N3O. The van der Waals surface area contributed by atoms with E-state index in [1.807, 2.05) is 14.0 Å². The molecule has 102 valence electrons. The van der Waals surface area contributed by atoms with Gasteiger partial charge in [0.05, 0.1) is 18.4 Å². The van der Waals surface area contributed by atoms with E-state index in [2.05, 4.69) is 37.3 Å². The number of methoxy groups -OCH3 is 1. The normalized spacial score (nSPS) is 13.8. The fourth-order valence-electron chi connectivity index (χ4n) is 1.94. The number of aromatic nitrogens is 2. The molecule has 1 rings (SSSR count). The van der Waals surface area contributed by atoms with Gasteiger partial charge in [0.1, 0.15) is 0 Å². The lowest BCUT2D eigenvalue weighted by Crippen LogP contribution is -2.27. The van der Waals surface area contributed by atoms with Crippen LogP contribution in [0, 0.1) is 6.92 Å². The maximum Gasteiger partial charge on any atom is 0.218 e. The van der Waals surface area contributed by atoms with E-state index < -0.39 is 0 Å². The van der Waals surface area contributed by atoms with Crippen LogP contribution >= 0.6 is 0 Å². The largest absolute Gasteiger partial charge is 0.481 e. The molecule has 0 aliphatic carbocycles. The Morgan fingerprint density at radius 3 is 2.78 bits per heavy atom. The van der Waals surface area contributed by atoms with Crippen LogP contribution < -0.4 is 10.1 Å². The summed E-state index contributed by atoms with van der Waals surface area (Å²) in [6.45, 7) is 9.53. The highest BCUT2D eigenvalue weighted by atomic mass is 16.5. The lowest BCUT2D eigenvalue weighted by Gasteiger charge is -2.14. The molecule has 0 bridgehead atoms. The molecule has 1 heterocycles. The van der Waals surface area contributed by atoms with E-state index in [1.54, 1.807) is 11.8 Å². The second-order valence-electron chi connectivity index (χ2n) is 4.70. The van der Waals surface area contributed by atoms with Crippen molar-refractivity contribution in [2.75, 3.05) is 13.7 Å². The van der Waals surface area contributed by atoms with Crippen molar-refractivity contribution in [2.45, 2.75) is 40.2 Å². The Hall–Kier alpha value is -1.29. The van der Waals surface area contributed by atoms with E-state index in [-0.39, 0.29) is 0 Å². The summed E-state index contributed by atoms with van der Waals surface area (Å²) in [4.78, 5) is 0. The van der Waals surface area contributed by atoms with E-state index in [9.17, 15) is 0 Å². The molecule has 1 N–H and O–H groups in total. The zero-order chi connectivity index (χ0) is 13.7. The van der Waals surface area contributed by atoms with Gasteiger partial charge in [-0.1, -0.05) is 12.5 Å². The quantitative estimate of drug-likeness (QED) is 0.844. The molecule has 0 saturated carbocycles. The average Bonchev–Trinajstić information content (AvgIpc) is 2.60. The summed E-state index contributed by atoms with van der Waals surface area (Å²) in [7, 11) is 3.58. The van der Waals surface area contributed by atoms with E-state index in [4.69, 9.17) is 4.74 Å². The second kappa shape index (κ2) is 6.59. The molecular weight excluding hydrogens is 226 g/mol. The van der Waals surface area contributed by atoms with Crippen LogP contribution in [0.5, 0.6) is 5.88 Å². The van der Waals surface area contributed by atoms with E-state index >= 15 is 0 Å². The maximum absolute atomic E-state index is 5.39. The number of rotatable bonds is 6. The highest BCUT2D eigenvalue weighted by Gasteiger charge is 2.13. The van der Waals surface area contributed by atoms with Crippen molar-refractivity contribution in [1.82, 2.24) is 15.1 Å². The molecule has 0 saturated heterocycles.